The second-order valence-electron chi connectivity index (χ2n) is 7.47. The van der Waals surface area contributed by atoms with Gasteiger partial charge in [-0.15, -0.1) is 0 Å². The van der Waals surface area contributed by atoms with E-state index in [-0.39, 0.29) is 22.8 Å². The quantitative estimate of drug-likeness (QED) is 0.228. The summed E-state index contributed by atoms with van der Waals surface area (Å²) in [5.41, 5.74) is 2.23. The highest BCUT2D eigenvalue weighted by atomic mass is 35.5. The molecule has 2 amide bonds. The molecule has 0 unspecified atom stereocenters. The first-order chi connectivity index (χ1) is 16.5. The molecule has 0 aromatic heterocycles. The van der Waals surface area contributed by atoms with Crippen molar-refractivity contribution in [1.29, 1.82) is 0 Å². The largest absolute Gasteiger partial charge is 0.423 e. The summed E-state index contributed by atoms with van der Waals surface area (Å²) in [5.74, 6) is -1.33. The Morgan fingerprint density at radius 1 is 0.912 bits per heavy atom. The van der Waals surface area contributed by atoms with Gasteiger partial charge in [0.05, 0.1) is 5.56 Å². The van der Waals surface area contributed by atoms with Crippen LogP contribution in [0.4, 0.5) is 5.69 Å². The second kappa shape index (κ2) is 10.1. The number of carbonyl (C=O) groups is 4. The molecular weight excluding hydrogens is 456 g/mol. The maximum absolute atomic E-state index is 12.8. The molecule has 0 atom stereocenters. The summed E-state index contributed by atoms with van der Waals surface area (Å²) in [7, 11) is 0. The molecule has 1 heterocycles. The molecule has 0 spiro atoms. The van der Waals surface area contributed by atoms with Gasteiger partial charge in [0, 0.05) is 17.8 Å². The minimum absolute atomic E-state index is 0.00896. The fourth-order valence-corrected chi connectivity index (χ4v) is 3.59. The summed E-state index contributed by atoms with van der Waals surface area (Å²) in [4.78, 5) is 49.5. The van der Waals surface area contributed by atoms with E-state index in [1.807, 2.05) is 30.3 Å². The lowest BCUT2D eigenvalue weighted by molar-refractivity contribution is -0.137. The molecule has 1 N–H and O–H groups in total. The molecule has 0 radical (unpaired) electrons. The second-order valence-corrected chi connectivity index (χ2v) is 7.84. The van der Waals surface area contributed by atoms with Gasteiger partial charge in [-0.25, -0.2) is 4.79 Å². The van der Waals surface area contributed by atoms with Crippen molar-refractivity contribution in [2.24, 2.45) is 0 Å². The summed E-state index contributed by atoms with van der Waals surface area (Å²) in [5, 5.41) is 2.70. The lowest BCUT2D eigenvalue weighted by Crippen LogP contribution is -2.34. The van der Waals surface area contributed by atoms with Gasteiger partial charge in [-0.2, -0.15) is 0 Å². The van der Waals surface area contributed by atoms with Crippen molar-refractivity contribution >= 4 is 41.4 Å². The zero-order valence-electron chi connectivity index (χ0n) is 17.9. The van der Waals surface area contributed by atoms with Crippen LogP contribution in [0.3, 0.4) is 0 Å². The number of rotatable bonds is 8. The van der Waals surface area contributed by atoms with Gasteiger partial charge in [-0.3, -0.25) is 19.3 Å². The average molecular weight is 475 g/mol. The molecular formula is C26H19ClN2O5. The van der Waals surface area contributed by atoms with E-state index in [0.717, 1.165) is 10.5 Å². The van der Waals surface area contributed by atoms with Gasteiger partial charge in [-0.1, -0.05) is 41.9 Å². The molecule has 0 saturated heterocycles. The summed E-state index contributed by atoms with van der Waals surface area (Å²) >= 11 is 6.15. The molecule has 3 aromatic rings. The summed E-state index contributed by atoms with van der Waals surface area (Å²) < 4.78 is 5.29. The number of anilines is 1. The van der Waals surface area contributed by atoms with E-state index < -0.39 is 17.8 Å². The van der Waals surface area contributed by atoms with Crippen LogP contribution in [0.25, 0.3) is 0 Å². The number of benzene rings is 3. The molecule has 0 aliphatic carbocycles. The number of halogens is 1. The molecule has 8 heteroatoms. The zero-order chi connectivity index (χ0) is 24.1. The Balaban J connectivity index is 1.39. The molecule has 0 saturated carbocycles. The number of hydrogen-bond acceptors (Lipinski definition) is 6. The number of nitrogens with zero attached hydrogens (tertiary/aromatic N) is 1. The molecule has 0 fully saturated rings. The number of amides is 2. The number of carbonyl (C=O) groups excluding carboxylic acids is 4. The Hall–Kier alpha value is -4.23. The molecule has 170 valence electrons. The van der Waals surface area contributed by atoms with Gasteiger partial charge in [0.2, 0.25) is 0 Å². The summed E-state index contributed by atoms with van der Waals surface area (Å²) in [6.45, 7) is 0.210. The maximum Gasteiger partial charge on any atom is 0.343 e. The number of imide groups is 1. The molecule has 7 nitrogen and oxygen atoms in total. The first-order valence-electron chi connectivity index (χ1n) is 10.4. The van der Waals surface area contributed by atoms with Crippen LogP contribution in [0.15, 0.2) is 89.6 Å². The fourth-order valence-electron chi connectivity index (χ4n) is 3.36. The topological polar surface area (TPSA) is 92.8 Å². The highest BCUT2D eigenvalue weighted by molar-refractivity contribution is 6.48. The fraction of sp³-hybridized carbons (Fsp3) is 0.0769. The van der Waals surface area contributed by atoms with Gasteiger partial charge >= 0.3 is 5.97 Å². The Labute approximate surface area is 200 Å². The molecule has 1 aliphatic rings. The van der Waals surface area contributed by atoms with Crippen molar-refractivity contribution in [3.8, 4) is 5.75 Å². The Kier molecular flexibility index (Phi) is 6.85. The smallest absolute Gasteiger partial charge is 0.343 e. The number of hydrogen-bond donors (Lipinski definition) is 1. The van der Waals surface area contributed by atoms with Crippen molar-refractivity contribution in [2.45, 2.75) is 6.42 Å². The van der Waals surface area contributed by atoms with Crippen molar-refractivity contribution < 1.29 is 23.9 Å². The van der Waals surface area contributed by atoms with E-state index in [9.17, 15) is 19.2 Å². The van der Waals surface area contributed by atoms with Crippen LogP contribution in [0.5, 0.6) is 5.75 Å². The van der Waals surface area contributed by atoms with E-state index >= 15 is 0 Å². The minimum Gasteiger partial charge on any atom is -0.423 e. The normalized spacial score (nSPS) is 13.3. The minimum atomic E-state index is -0.582. The van der Waals surface area contributed by atoms with E-state index in [1.54, 1.807) is 24.3 Å². The third kappa shape index (κ3) is 5.05. The third-order valence-corrected chi connectivity index (χ3v) is 5.55. The van der Waals surface area contributed by atoms with Gasteiger partial charge < -0.3 is 10.1 Å². The number of aldehydes is 1. The predicted octanol–water partition coefficient (Wildman–Crippen LogP) is 4.19. The number of ether oxygens (including phenoxy) is 1. The predicted molar refractivity (Wildman–Crippen MR) is 127 cm³/mol. The SMILES string of the molecule is O=Cc1ccc(OC(=O)c2ccc(NC3=C(Cl)C(=O)N(CCc4ccccc4)C3=O)cc2)cc1. The molecule has 34 heavy (non-hydrogen) atoms. The number of esters is 1. The van der Waals surface area contributed by atoms with E-state index in [2.05, 4.69) is 5.32 Å². The highest BCUT2D eigenvalue weighted by Crippen LogP contribution is 2.26. The van der Waals surface area contributed by atoms with E-state index in [1.165, 1.54) is 24.3 Å². The Bertz CT molecular complexity index is 1270. The van der Waals surface area contributed by atoms with E-state index in [4.69, 9.17) is 16.3 Å². The molecule has 1 aliphatic heterocycles. The van der Waals surface area contributed by atoms with Crippen LogP contribution in [0, 0.1) is 0 Å². The summed E-state index contributed by atoms with van der Waals surface area (Å²) in [6, 6.07) is 21.9. The molecule has 3 aromatic carbocycles. The standard InChI is InChI=1S/C26H19ClN2O5/c27-22-23(25(32)29(24(22)31)15-14-17-4-2-1-3-5-17)28-20-10-8-19(9-11-20)26(33)34-21-12-6-18(16-30)7-13-21/h1-13,16,28H,14-15H2. The van der Waals surface area contributed by atoms with Gasteiger partial charge in [0.1, 0.15) is 22.8 Å². The Morgan fingerprint density at radius 3 is 2.24 bits per heavy atom. The van der Waals surface area contributed by atoms with Gasteiger partial charge in [-0.05, 0) is 60.5 Å². The van der Waals surface area contributed by atoms with Crippen molar-refractivity contribution in [3.05, 3.63) is 106 Å². The first-order valence-corrected chi connectivity index (χ1v) is 10.8. The van der Waals surface area contributed by atoms with Crippen LogP contribution < -0.4 is 10.1 Å². The van der Waals surface area contributed by atoms with Crippen LogP contribution in [-0.4, -0.2) is 35.5 Å². The first kappa shape index (κ1) is 22.9. The average Bonchev–Trinajstić information content (AvgIpc) is 3.07. The van der Waals surface area contributed by atoms with Gasteiger partial charge in [0.25, 0.3) is 11.8 Å². The lowest BCUT2D eigenvalue weighted by Gasteiger charge is -2.15. The molecule has 4 rings (SSSR count). The highest BCUT2D eigenvalue weighted by Gasteiger charge is 2.37. The van der Waals surface area contributed by atoms with E-state index in [0.29, 0.717) is 29.7 Å². The lowest BCUT2D eigenvalue weighted by atomic mass is 10.1. The van der Waals surface area contributed by atoms with Crippen molar-refractivity contribution in [1.82, 2.24) is 4.90 Å². The van der Waals surface area contributed by atoms with Crippen molar-refractivity contribution in [2.75, 3.05) is 11.9 Å². The van der Waals surface area contributed by atoms with Gasteiger partial charge in [0.15, 0.2) is 0 Å². The third-order valence-electron chi connectivity index (χ3n) is 5.20. The van der Waals surface area contributed by atoms with Crippen LogP contribution in [-0.2, 0) is 16.0 Å². The van der Waals surface area contributed by atoms with Crippen LogP contribution in [0.2, 0.25) is 0 Å². The summed E-state index contributed by atoms with van der Waals surface area (Å²) in [6.07, 6.45) is 1.22. The number of nitrogens with one attached hydrogen (secondary N) is 1. The molecule has 0 bridgehead atoms. The van der Waals surface area contributed by atoms with Crippen LogP contribution in [0.1, 0.15) is 26.3 Å². The maximum atomic E-state index is 12.8. The monoisotopic (exact) mass is 474 g/mol. The Morgan fingerprint density at radius 2 is 1.59 bits per heavy atom. The zero-order valence-corrected chi connectivity index (χ0v) is 18.6. The van der Waals surface area contributed by atoms with Crippen LogP contribution >= 0.6 is 11.6 Å². The van der Waals surface area contributed by atoms with Crippen molar-refractivity contribution in [3.63, 3.8) is 0 Å².